The molecule has 138 valence electrons. The number of hydrogen-bond donors (Lipinski definition) is 1. The van der Waals surface area contributed by atoms with E-state index in [1.807, 2.05) is 24.5 Å². The Morgan fingerprint density at radius 3 is 2.35 bits per heavy atom. The first-order valence-corrected chi connectivity index (χ1v) is 8.73. The first-order chi connectivity index (χ1) is 12.6. The second-order valence-corrected chi connectivity index (χ2v) is 6.34. The monoisotopic (exact) mass is 378 g/mol. The molecule has 0 bridgehead atoms. The first kappa shape index (κ1) is 18.5. The van der Waals surface area contributed by atoms with E-state index >= 15 is 0 Å². The molecule has 0 unspecified atom stereocenters. The van der Waals surface area contributed by atoms with E-state index in [-0.39, 0.29) is 5.75 Å². The van der Waals surface area contributed by atoms with E-state index in [1.54, 1.807) is 12.1 Å². The number of thiocarbonyl (C=S) groups is 1. The van der Waals surface area contributed by atoms with E-state index in [4.69, 9.17) is 12.2 Å². The van der Waals surface area contributed by atoms with E-state index < -0.39 is 6.61 Å². The third-order valence-corrected chi connectivity index (χ3v) is 4.51. The summed E-state index contributed by atoms with van der Waals surface area (Å²) in [6, 6.07) is 10.4. The van der Waals surface area contributed by atoms with Crippen molar-refractivity contribution in [3.8, 4) is 5.75 Å². The van der Waals surface area contributed by atoms with Crippen LogP contribution in [0.1, 0.15) is 5.56 Å². The van der Waals surface area contributed by atoms with Crippen LogP contribution in [-0.4, -0.2) is 52.7 Å². The highest BCUT2D eigenvalue weighted by Crippen LogP contribution is 2.18. The fourth-order valence-corrected chi connectivity index (χ4v) is 3.08. The maximum absolute atomic E-state index is 12.2. The van der Waals surface area contributed by atoms with Gasteiger partial charge < -0.3 is 15.0 Å². The van der Waals surface area contributed by atoms with Crippen molar-refractivity contribution in [2.75, 3.05) is 31.5 Å². The maximum Gasteiger partial charge on any atom is 0.387 e. The summed E-state index contributed by atoms with van der Waals surface area (Å²) in [7, 11) is 0. The van der Waals surface area contributed by atoms with Crippen molar-refractivity contribution in [2.24, 2.45) is 0 Å². The van der Waals surface area contributed by atoms with Gasteiger partial charge in [-0.05, 0) is 54.2 Å². The zero-order chi connectivity index (χ0) is 18.4. The minimum Gasteiger partial charge on any atom is -0.435 e. The molecule has 0 saturated carbocycles. The smallest absolute Gasteiger partial charge is 0.387 e. The molecule has 3 rings (SSSR count). The van der Waals surface area contributed by atoms with Gasteiger partial charge in [-0.3, -0.25) is 9.88 Å². The van der Waals surface area contributed by atoms with Crippen LogP contribution < -0.4 is 10.1 Å². The number of hydrogen-bond acceptors (Lipinski definition) is 4. The van der Waals surface area contributed by atoms with Crippen LogP contribution in [0.3, 0.4) is 0 Å². The molecule has 2 heterocycles. The first-order valence-electron chi connectivity index (χ1n) is 8.32. The minimum absolute atomic E-state index is 0.126. The van der Waals surface area contributed by atoms with Crippen LogP contribution in [0.2, 0.25) is 0 Å². The van der Waals surface area contributed by atoms with Crippen LogP contribution in [0, 0.1) is 0 Å². The van der Waals surface area contributed by atoms with Gasteiger partial charge in [-0.25, -0.2) is 0 Å². The van der Waals surface area contributed by atoms with Crippen LogP contribution in [0.5, 0.6) is 5.75 Å². The van der Waals surface area contributed by atoms with E-state index in [0.29, 0.717) is 5.11 Å². The molecule has 5 nitrogen and oxygen atoms in total. The van der Waals surface area contributed by atoms with Crippen LogP contribution in [0.4, 0.5) is 14.5 Å². The zero-order valence-corrected chi connectivity index (χ0v) is 15.0. The lowest BCUT2D eigenvalue weighted by Gasteiger charge is -2.36. The third kappa shape index (κ3) is 5.34. The Bertz CT molecular complexity index is 707. The Hall–Kier alpha value is -2.32. The quantitative estimate of drug-likeness (QED) is 0.806. The molecule has 0 aliphatic carbocycles. The molecule has 1 N–H and O–H groups in total. The number of nitrogens with one attached hydrogen (secondary N) is 1. The highest BCUT2D eigenvalue weighted by atomic mass is 32.1. The summed E-state index contributed by atoms with van der Waals surface area (Å²) < 4.78 is 28.7. The Balaban J connectivity index is 1.46. The molecule has 1 aromatic carbocycles. The van der Waals surface area contributed by atoms with E-state index in [9.17, 15) is 8.78 Å². The summed E-state index contributed by atoms with van der Waals surface area (Å²) in [5.41, 5.74) is 2.00. The second kappa shape index (κ2) is 8.86. The third-order valence-electron chi connectivity index (χ3n) is 4.15. The zero-order valence-electron chi connectivity index (χ0n) is 14.1. The molecule has 1 aliphatic rings. The predicted octanol–water partition coefficient (Wildman–Crippen LogP) is 3.20. The van der Waals surface area contributed by atoms with Crippen molar-refractivity contribution in [1.29, 1.82) is 0 Å². The van der Waals surface area contributed by atoms with E-state index in [1.165, 1.54) is 17.7 Å². The SMILES string of the molecule is FC(F)Oc1ccc(NC(=S)N2CCN(Cc3ccncc3)CC2)cc1. The van der Waals surface area contributed by atoms with Gasteiger partial charge in [0.25, 0.3) is 0 Å². The fraction of sp³-hybridized carbons (Fsp3) is 0.333. The van der Waals surface area contributed by atoms with Crippen molar-refractivity contribution in [3.63, 3.8) is 0 Å². The lowest BCUT2D eigenvalue weighted by atomic mass is 10.2. The van der Waals surface area contributed by atoms with Crippen LogP contribution in [-0.2, 0) is 6.54 Å². The highest BCUT2D eigenvalue weighted by molar-refractivity contribution is 7.80. The predicted molar refractivity (Wildman–Crippen MR) is 100 cm³/mol. The van der Waals surface area contributed by atoms with E-state index in [2.05, 4.69) is 24.8 Å². The molecule has 1 aliphatic heterocycles. The molecule has 0 atom stereocenters. The van der Waals surface area contributed by atoms with Gasteiger partial charge in [0.15, 0.2) is 5.11 Å². The second-order valence-electron chi connectivity index (χ2n) is 5.95. The standard InChI is InChI=1S/C18H20F2N4OS/c19-17(20)25-16-3-1-15(2-4-16)22-18(26)24-11-9-23(10-12-24)13-14-5-7-21-8-6-14/h1-8,17H,9-13H2,(H,22,26). The van der Waals surface area contributed by atoms with Gasteiger partial charge in [0.2, 0.25) is 0 Å². The average molecular weight is 378 g/mol. The summed E-state index contributed by atoms with van der Waals surface area (Å²) in [6.45, 7) is 1.60. The molecular weight excluding hydrogens is 358 g/mol. The van der Waals surface area contributed by atoms with Crippen molar-refractivity contribution < 1.29 is 13.5 Å². The van der Waals surface area contributed by atoms with Gasteiger partial charge in [-0.2, -0.15) is 8.78 Å². The number of benzene rings is 1. The van der Waals surface area contributed by atoms with E-state index in [0.717, 1.165) is 38.4 Å². The normalized spacial score (nSPS) is 15.1. The van der Waals surface area contributed by atoms with Gasteiger partial charge in [0.1, 0.15) is 5.75 Å². The summed E-state index contributed by atoms with van der Waals surface area (Å²) in [5, 5.41) is 3.78. The Morgan fingerprint density at radius 1 is 1.08 bits per heavy atom. The fourth-order valence-electron chi connectivity index (χ4n) is 2.78. The molecule has 1 aromatic heterocycles. The molecule has 0 spiro atoms. The number of alkyl halides is 2. The molecule has 0 amide bonds. The van der Waals surface area contributed by atoms with Crippen molar-refractivity contribution in [2.45, 2.75) is 13.2 Å². The summed E-state index contributed by atoms with van der Waals surface area (Å²) in [6.07, 6.45) is 3.62. The molecule has 1 saturated heterocycles. The van der Waals surface area contributed by atoms with Gasteiger partial charge >= 0.3 is 6.61 Å². The number of aromatic nitrogens is 1. The summed E-state index contributed by atoms with van der Waals surface area (Å²) in [5.74, 6) is 0.126. The largest absolute Gasteiger partial charge is 0.435 e. The van der Waals surface area contributed by atoms with Crippen molar-refractivity contribution >= 4 is 23.0 Å². The highest BCUT2D eigenvalue weighted by Gasteiger charge is 2.19. The Morgan fingerprint density at radius 2 is 1.73 bits per heavy atom. The number of nitrogens with zero attached hydrogens (tertiary/aromatic N) is 3. The average Bonchev–Trinajstić information content (AvgIpc) is 2.64. The van der Waals surface area contributed by atoms with Gasteiger partial charge in [-0.15, -0.1) is 0 Å². The Labute approximate surface area is 156 Å². The number of rotatable bonds is 5. The molecule has 2 aromatic rings. The number of piperazine rings is 1. The van der Waals surface area contributed by atoms with Gasteiger partial charge in [-0.1, -0.05) is 0 Å². The number of ether oxygens (including phenoxy) is 1. The summed E-state index contributed by atoms with van der Waals surface area (Å²) >= 11 is 5.46. The molecule has 26 heavy (non-hydrogen) atoms. The van der Waals surface area contributed by atoms with Gasteiger partial charge in [0.05, 0.1) is 0 Å². The van der Waals surface area contributed by atoms with Crippen LogP contribution >= 0.6 is 12.2 Å². The lowest BCUT2D eigenvalue weighted by molar-refractivity contribution is -0.0498. The molecular formula is C18H20F2N4OS. The van der Waals surface area contributed by atoms with Crippen LogP contribution in [0.15, 0.2) is 48.8 Å². The summed E-state index contributed by atoms with van der Waals surface area (Å²) in [4.78, 5) is 8.53. The molecule has 8 heteroatoms. The number of pyridine rings is 1. The maximum atomic E-state index is 12.2. The van der Waals surface area contributed by atoms with Crippen molar-refractivity contribution in [1.82, 2.24) is 14.8 Å². The minimum atomic E-state index is -2.82. The van der Waals surface area contributed by atoms with Crippen molar-refractivity contribution in [3.05, 3.63) is 54.4 Å². The Kier molecular flexibility index (Phi) is 6.30. The lowest BCUT2D eigenvalue weighted by Crippen LogP contribution is -2.49. The topological polar surface area (TPSA) is 40.6 Å². The number of anilines is 1. The molecule has 1 fully saturated rings. The van der Waals surface area contributed by atoms with Gasteiger partial charge in [0, 0.05) is 50.8 Å². The molecule has 0 radical (unpaired) electrons. The van der Waals surface area contributed by atoms with Crippen LogP contribution in [0.25, 0.3) is 0 Å². The number of halogens is 2.